The standard InChI is InChI=1S/C13H20BrSi.C2H6O/c1-9-7-10(13(2,3)4)12(15(5)6)11(14)8-9;1-3-2/h7-8H,1-6H3;1-2H3. The highest BCUT2D eigenvalue weighted by atomic mass is 79.9. The van der Waals surface area contributed by atoms with Crippen LogP contribution in [0.1, 0.15) is 31.9 Å². The molecule has 0 saturated heterocycles. The molecule has 0 unspecified atom stereocenters. The molecule has 18 heavy (non-hydrogen) atoms. The van der Waals surface area contributed by atoms with Crippen molar-refractivity contribution in [3.63, 3.8) is 0 Å². The molecule has 1 radical (unpaired) electrons. The third-order valence-electron chi connectivity index (χ3n) is 2.54. The summed E-state index contributed by atoms with van der Waals surface area (Å²) in [6.45, 7) is 13.8. The molecule has 1 aromatic rings. The van der Waals surface area contributed by atoms with Crippen LogP contribution in [0.15, 0.2) is 16.6 Å². The quantitative estimate of drug-likeness (QED) is 0.699. The number of rotatable bonds is 1. The van der Waals surface area contributed by atoms with Crippen molar-refractivity contribution in [1.29, 1.82) is 0 Å². The predicted octanol–water partition coefficient (Wildman–Crippen LogP) is 4.28. The third-order valence-corrected chi connectivity index (χ3v) is 5.07. The maximum Gasteiger partial charge on any atom is 0.0810 e. The third kappa shape index (κ3) is 5.25. The molecule has 0 saturated carbocycles. The second kappa shape index (κ2) is 7.46. The van der Waals surface area contributed by atoms with Crippen LogP contribution in [0.5, 0.6) is 0 Å². The molecule has 0 fully saturated rings. The zero-order valence-corrected chi connectivity index (χ0v) is 15.5. The number of halogens is 1. The molecule has 1 aromatic carbocycles. The molecule has 0 amide bonds. The first kappa shape index (κ1) is 17.9. The van der Waals surface area contributed by atoms with Crippen LogP contribution in [-0.2, 0) is 10.2 Å². The Balaban J connectivity index is 0.000000873. The fraction of sp³-hybridized carbons (Fsp3) is 0.600. The topological polar surface area (TPSA) is 9.23 Å². The molecule has 1 nitrogen and oxygen atoms in total. The molecule has 0 aliphatic rings. The minimum Gasteiger partial charge on any atom is -0.388 e. The van der Waals surface area contributed by atoms with Gasteiger partial charge >= 0.3 is 0 Å². The molecule has 0 aliphatic carbocycles. The SMILES string of the molecule is COC.Cc1cc(Br)c([Si](C)C)c(C(C)(C)C)c1. The summed E-state index contributed by atoms with van der Waals surface area (Å²) in [6, 6.07) is 4.58. The van der Waals surface area contributed by atoms with Crippen LogP contribution < -0.4 is 5.19 Å². The van der Waals surface area contributed by atoms with E-state index in [1.165, 1.54) is 15.6 Å². The first-order chi connectivity index (χ1) is 8.15. The first-order valence-electron chi connectivity index (χ1n) is 6.16. The molecular weight excluding hydrogens is 304 g/mol. The van der Waals surface area contributed by atoms with Gasteiger partial charge in [-0.3, -0.25) is 0 Å². The van der Waals surface area contributed by atoms with Gasteiger partial charge in [0.05, 0.1) is 8.80 Å². The van der Waals surface area contributed by atoms with Crippen LogP contribution >= 0.6 is 15.9 Å². The Labute approximate surface area is 123 Å². The second-order valence-electron chi connectivity index (χ2n) is 5.83. The Morgan fingerprint density at radius 1 is 1.11 bits per heavy atom. The Kier molecular flexibility index (Phi) is 7.41. The summed E-state index contributed by atoms with van der Waals surface area (Å²) < 4.78 is 5.55. The van der Waals surface area contributed by atoms with E-state index in [1.807, 2.05) is 0 Å². The van der Waals surface area contributed by atoms with Gasteiger partial charge in [0.1, 0.15) is 0 Å². The summed E-state index contributed by atoms with van der Waals surface area (Å²) in [5, 5.41) is 1.55. The Morgan fingerprint density at radius 3 is 1.89 bits per heavy atom. The normalized spacial score (nSPS) is 11.2. The lowest BCUT2D eigenvalue weighted by molar-refractivity contribution is 0.277. The average molecular weight is 330 g/mol. The molecule has 3 heteroatoms. The summed E-state index contributed by atoms with van der Waals surface area (Å²) >= 11 is 3.72. The number of aryl methyl sites for hydroxylation is 1. The minimum atomic E-state index is -0.418. The van der Waals surface area contributed by atoms with Gasteiger partial charge in [0.25, 0.3) is 0 Å². The average Bonchev–Trinajstić information content (AvgIpc) is 2.15. The highest BCUT2D eigenvalue weighted by molar-refractivity contribution is 9.10. The Hall–Kier alpha value is -0.123. The van der Waals surface area contributed by atoms with Gasteiger partial charge in [0, 0.05) is 18.7 Å². The maximum absolute atomic E-state index is 4.25. The molecular formula is C15H26BrOSi. The van der Waals surface area contributed by atoms with Crippen LogP contribution in [0.25, 0.3) is 0 Å². The number of benzene rings is 1. The lowest BCUT2D eigenvalue weighted by Gasteiger charge is -2.26. The van der Waals surface area contributed by atoms with Crippen molar-refractivity contribution in [1.82, 2.24) is 0 Å². The molecule has 0 aromatic heterocycles. The van der Waals surface area contributed by atoms with Crippen molar-refractivity contribution < 1.29 is 4.74 Å². The van der Waals surface area contributed by atoms with Crippen LogP contribution in [0.2, 0.25) is 13.1 Å². The number of ether oxygens (including phenoxy) is 1. The molecule has 0 N–H and O–H groups in total. The van der Waals surface area contributed by atoms with E-state index in [4.69, 9.17) is 0 Å². The molecule has 0 bridgehead atoms. The lowest BCUT2D eigenvalue weighted by Crippen LogP contribution is -2.34. The molecule has 0 heterocycles. The molecule has 0 aliphatic heterocycles. The van der Waals surface area contributed by atoms with E-state index in [-0.39, 0.29) is 5.41 Å². The first-order valence-corrected chi connectivity index (χ1v) is 9.45. The highest BCUT2D eigenvalue weighted by Gasteiger charge is 2.22. The lowest BCUT2D eigenvalue weighted by atomic mass is 9.86. The van der Waals surface area contributed by atoms with Crippen molar-refractivity contribution in [3.8, 4) is 0 Å². The van der Waals surface area contributed by atoms with E-state index in [1.54, 1.807) is 19.4 Å². The van der Waals surface area contributed by atoms with E-state index < -0.39 is 8.80 Å². The Morgan fingerprint density at radius 2 is 1.56 bits per heavy atom. The monoisotopic (exact) mass is 329 g/mol. The van der Waals surface area contributed by atoms with Gasteiger partial charge in [0.2, 0.25) is 0 Å². The fourth-order valence-electron chi connectivity index (χ4n) is 1.84. The Bertz CT molecular complexity index is 381. The van der Waals surface area contributed by atoms with Crippen LogP contribution in [0.4, 0.5) is 0 Å². The van der Waals surface area contributed by atoms with Crippen molar-refractivity contribution in [2.24, 2.45) is 0 Å². The van der Waals surface area contributed by atoms with Crippen LogP contribution in [-0.4, -0.2) is 23.0 Å². The van der Waals surface area contributed by atoms with Crippen molar-refractivity contribution in [3.05, 3.63) is 27.7 Å². The highest BCUT2D eigenvalue weighted by Crippen LogP contribution is 2.25. The van der Waals surface area contributed by atoms with E-state index >= 15 is 0 Å². The molecule has 103 valence electrons. The van der Waals surface area contributed by atoms with E-state index in [2.05, 4.69) is 73.6 Å². The second-order valence-corrected chi connectivity index (χ2v) is 9.18. The van der Waals surface area contributed by atoms with Gasteiger partial charge in [-0.05, 0) is 34.7 Å². The number of methoxy groups -OCH3 is 1. The van der Waals surface area contributed by atoms with Gasteiger partial charge in [-0.1, -0.05) is 55.9 Å². The fourth-order valence-corrected chi connectivity index (χ4v) is 5.14. The number of hydrogen-bond donors (Lipinski definition) is 0. The van der Waals surface area contributed by atoms with E-state index in [9.17, 15) is 0 Å². The van der Waals surface area contributed by atoms with Gasteiger partial charge in [-0.15, -0.1) is 0 Å². The molecule has 0 spiro atoms. The van der Waals surface area contributed by atoms with Gasteiger partial charge < -0.3 is 4.74 Å². The van der Waals surface area contributed by atoms with E-state index in [0.717, 1.165) is 0 Å². The zero-order chi connectivity index (χ0) is 14.5. The van der Waals surface area contributed by atoms with Crippen LogP contribution in [0, 0.1) is 6.92 Å². The summed E-state index contributed by atoms with van der Waals surface area (Å²) in [5.41, 5.74) is 3.10. The van der Waals surface area contributed by atoms with Crippen molar-refractivity contribution >= 4 is 29.9 Å². The van der Waals surface area contributed by atoms with Gasteiger partial charge in [0.15, 0.2) is 0 Å². The summed E-state index contributed by atoms with van der Waals surface area (Å²) in [5.74, 6) is 0. The van der Waals surface area contributed by atoms with E-state index in [0.29, 0.717) is 0 Å². The smallest absolute Gasteiger partial charge is 0.0810 e. The molecule has 1 rings (SSSR count). The zero-order valence-electron chi connectivity index (χ0n) is 12.9. The summed E-state index contributed by atoms with van der Waals surface area (Å²) in [6.07, 6.45) is 0. The summed E-state index contributed by atoms with van der Waals surface area (Å²) in [4.78, 5) is 0. The predicted molar refractivity (Wildman–Crippen MR) is 87.6 cm³/mol. The maximum atomic E-state index is 4.25. The summed E-state index contributed by atoms with van der Waals surface area (Å²) in [7, 11) is 2.83. The largest absolute Gasteiger partial charge is 0.388 e. The minimum absolute atomic E-state index is 0.242. The van der Waals surface area contributed by atoms with Crippen molar-refractivity contribution in [2.45, 2.75) is 46.2 Å². The number of hydrogen-bond acceptors (Lipinski definition) is 1. The molecule has 0 atom stereocenters. The van der Waals surface area contributed by atoms with Crippen molar-refractivity contribution in [2.75, 3.05) is 14.2 Å². The van der Waals surface area contributed by atoms with Gasteiger partial charge in [-0.25, -0.2) is 0 Å². The van der Waals surface area contributed by atoms with Gasteiger partial charge in [-0.2, -0.15) is 0 Å². The van der Waals surface area contributed by atoms with Crippen LogP contribution in [0.3, 0.4) is 0 Å².